The van der Waals surface area contributed by atoms with E-state index in [4.69, 9.17) is 16.3 Å². The number of hydrogen-bond donors (Lipinski definition) is 1. The van der Waals surface area contributed by atoms with Crippen LogP contribution in [0.25, 0.3) is 0 Å². The summed E-state index contributed by atoms with van der Waals surface area (Å²) >= 11 is 5.76. The lowest BCUT2D eigenvalue weighted by molar-refractivity contribution is 0.399. The van der Waals surface area contributed by atoms with Gasteiger partial charge >= 0.3 is 0 Å². The highest BCUT2D eigenvalue weighted by atomic mass is 32.5. The van der Waals surface area contributed by atoms with Crippen LogP contribution < -0.4 is 9.76 Å². The highest BCUT2D eigenvalue weighted by Crippen LogP contribution is 2.56. The third-order valence-corrected chi connectivity index (χ3v) is 6.31. The van der Waals surface area contributed by atoms with Gasteiger partial charge in [0.2, 0.25) is 0 Å². The van der Waals surface area contributed by atoms with Crippen molar-refractivity contribution in [3.05, 3.63) is 60.7 Å². The van der Waals surface area contributed by atoms with E-state index in [2.05, 4.69) is 21.9 Å². The number of hydrogen-bond acceptors (Lipinski definition) is 2. The minimum absolute atomic E-state index is 0.673. The quantitative estimate of drug-likeness (QED) is 0.868. The van der Waals surface area contributed by atoms with Crippen molar-refractivity contribution >= 4 is 29.7 Å². The molecule has 1 aliphatic heterocycles. The van der Waals surface area contributed by atoms with Crippen LogP contribution >= 0.6 is 6.57 Å². The molecule has 1 fully saturated rings. The summed E-state index contributed by atoms with van der Waals surface area (Å²) in [6, 6.07) is 20.2. The second-order valence-corrected chi connectivity index (χ2v) is 7.78. The van der Waals surface area contributed by atoms with Crippen LogP contribution in [0.4, 0.5) is 11.4 Å². The number of anilines is 2. The standard InChI is InChI=1S/C14H15N2OPS/c19-18(15-13-7-3-1-4-8-13)16(11-12-17-18)14-9-5-2-6-10-14/h1-10H,11-12H2,(H,15,19). The molecule has 3 rings (SSSR count). The molecule has 1 saturated heterocycles. The lowest BCUT2D eigenvalue weighted by Crippen LogP contribution is -2.18. The van der Waals surface area contributed by atoms with Gasteiger partial charge in [-0.05, 0) is 36.1 Å². The van der Waals surface area contributed by atoms with Gasteiger partial charge in [0.15, 0.2) is 0 Å². The van der Waals surface area contributed by atoms with Crippen molar-refractivity contribution in [1.29, 1.82) is 0 Å². The van der Waals surface area contributed by atoms with E-state index < -0.39 is 6.57 Å². The molecule has 5 heteroatoms. The molecule has 0 aliphatic carbocycles. The van der Waals surface area contributed by atoms with Gasteiger partial charge in [-0.3, -0.25) is 0 Å². The Morgan fingerprint density at radius 1 is 1.00 bits per heavy atom. The summed E-state index contributed by atoms with van der Waals surface area (Å²) < 4.78 is 8.03. The van der Waals surface area contributed by atoms with E-state index in [1.54, 1.807) is 0 Å². The second kappa shape index (κ2) is 5.33. The molecule has 0 aromatic heterocycles. The van der Waals surface area contributed by atoms with E-state index in [1.807, 2.05) is 48.5 Å². The summed E-state index contributed by atoms with van der Waals surface area (Å²) in [4.78, 5) is 0. The van der Waals surface area contributed by atoms with E-state index in [0.29, 0.717) is 6.61 Å². The van der Waals surface area contributed by atoms with E-state index in [9.17, 15) is 0 Å². The first-order valence-electron chi connectivity index (χ1n) is 6.19. The van der Waals surface area contributed by atoms with Gasteiger partial charge in [-0.2, -0.15) is 0 Å². The van der Waals surface area contributed by atoms with Gasteiger partial charge in [0.25, 0.3) is 6.57 Å². The summed E-state index contributed by atoms with van der Waals surface area (Å²) in [6.45, 7) is -0.700. The number of para-hydroxylation sites is 2. The Bertz CT molecular complexity index is 591. The molecule has 1 unspecified atom stereocenters. The zero-order valence-corrected chi connectivity index (χ0v) is 12.1. The van der Waals surface area contributed by atoms with E-state index in [0.717, 1.165) is 17.9 Å². The summed E-state index contributed by atoms with van der Waals surface area (Å²) in [6.07, 6.45) is 0. The summed E-state index contributed by atoms with van der Waals surface area (Å²) in [7, 11) is 0. The van der Waals surface area contributed by atoms with Crippen LogP contribution in [0.1, 0.15) is 0 Å². The highest BCUT2D eigenvalue weighted by Gasteiger charge is 2.33. The van der Waals surface area contributed by atoms with Gasteiger partial charge in [-0.25, -0.2) is 0 Å². The first kappa shape index (κ1) is 12.7. The molecule has 3 nitrogen and oxygen atoms in total. The first-order chi connectivity index (χ1) is 9.28. The Balaban J connectivity index is 1.88. The van der Waals surface area contributed by atoms with Gasteiger partial charge in [0, 0.05) is 17.9 Å². The van der Waals surface area contributed by atoms with E-state index in [1.165, 1.54) is 0 Å². The largest absolute Gasteiger partial charge is 0.321 e. The van der Waals surface area contributed by atoms with Crippen molar-refractivity contribution in [1.82, 2.24) is 0 Å². The van der Waals surface area contributed by atoms with Crippen LogP contribution in [-0.2, 0) is 16.3 Å². The Morgan fingerprint density at radius 3 is 2.32 bits per heavy atom. The molecule has 0 radical (unpaired) electrons. The minimum atomic E-state index is -2.21. The van der Waals surface area contributed by atoms with Gasteiger partial charge < -0.3 is 14.3 Å². The van der Waals surface area contributed by atoms with Gasteiger partial charge in [-0.1, -0.05) is 36.4 Å². The molecule has 1 heterocycles. The SMILES string of the molecule is S=P1(Nc2ccccc2)OCCN1c1ccccc1. The third-order valence-electron chi connectivity index (χ3n) is 2.99. The number of nitrogens with one attached hydrogen (secondary N) is 1. The zero-order valence-electron chi connectivity index (χ0n) is 10.4. The fraction of sp³-hybridized carbons (Fsp3) is 0.143. The molecule has 98 valence electrons. The maximum absolute atomic E-state index is 5.85. The Kier molecular flexibility index (Phi) is 3.56. The number of benzene rings is 2. The topological polar surface area (TPSA) is 24.5 Å². The summed E-state index contributed by atoms with van der Waals surface area (Å²) in [5.41, 5.74) is 2.13. The fourth-order valence-electron chi connectivity index (χ4n) is 2.10. The highest BCUT2D eigenvalue weighted by molar-refractivity contribution is 8.13. The zero-order chi connectivity index (χ0) is 13.1. The van der Waals surface area contributed by atoms with Crippen LogP contribution in [0, 0.1) is 0 Å². The van der Waals surface area contributed by atoms with Crippen molar-refractivity contribution in [2.45, 2.75) is 0 Å². The summed E-state index contributed by atoms with van der Waals surface area (Å²) in [5, 5.41) is 3.40. The normalized spacial score (nSPS) is 22.4. The average Bonchev–Trinajstić information content (AvgIpc) is 2.82. The van der Waals surface area contributed by atoms with Gasteiger partial charge in [0.1, 0.15) is 0 Å². The smallest absolute Gasteiger partial charge is 0.251 e. The van der Waals surface area contributed by atoms with Crippen molar-refractivity contribution in [2.75, 3.05) is 22.9 Å². The molecule has 1 atom stereocenters. The monoisotopic (exact) mass is 290 g/mol. The molecule has 2 aromatic rings. The van der Waals surface area contributed by atoms with Crippen LogP contribution in [0.3, 0.4) is 0 Å². The van der Waals surface area contributed by atoms with Crippen LogP contribution in [0.2, 0.25) is 0 Å². The van der Waals surface area contributed by atoms with Crippen LogP contribution in [0.15, 0.2) is 60.7 Å². The predicted molar refractivity (Wildman–Crippen MR) is 84.1 cm³/mol. The van der Waals surface area contributed by atoms with Crippen molar-refractivity contribution in [2.24, 2.45) is 0 Å². The van der Waals surface area contributed by atoms with E-state index >= 15 is 0 Å². The lowest BCUT2D eigenvalue weighted by atomic mass is 10.3. The Labute approximate surface area is 118 Å². The van der Waals surface area contributed by atoms with Gasteiger partial charge in [0.05, 0.1) is 6.61 Å². The molecule has 0 amide bonds. The van der Waals surface area contributed by atoms with Crippen LogP contribution in [-0.4, -0.2) is 13.2 Å². The Morgan fingerprint density at radius 2 is 1.63 bits per heavy atom. The molecule has 1 aliphatic rings. The Hall–Kier alpha value is -1.35. The predicted octanol–water partition coefficient (Wildman–Crippen LogP) is 3.86. The molecule has 0 spiro atoms. The van der Waals surface area contributed by atoms with Crippen molar-refractivity contribution < 1.29 is 4.52 Å². The fourth-order valence-corrected chi connectivity index (χ4v) is 5.08. The lowest BCUT2D eigenvalue weighted by Gasteiger charge is -2.29. The molecular weight excluding hydrogens is 275 g/mol. The maximum atomic E-state index is 5.85. The minimum Gasteiger partial charge on any atom is -0.321 e. The number of rotatable bonds is 3. The maximum Gasteiger partial charge on any atom is 0.251 e. The van der Waals surface area contributed by atoms with Crippen molar-refractivity contribution in [3.8, 4) is 0 Å². The molecule has 19 heavy (non-hydrogen) atoms. The molecular formula is C14H15N2OPS. The summed E-state index contributed by atoms with van der Waals surface area (Å²) in [5.74, 6) is 0. The molecule has 0 bridgehead atoms. The average molecular weight is 290 g/mol. The third kappa shape index (κ3) is 2.66. The number of nitrogens with zero attached hydrogens (tertiary/aromatic N) is 1. The van der Waals surface area contributed by atoms with E-state index in [-0.39, 0.29) is 0 Å². The second-order valence-electron chi connectivity index (χ2n) is 4.29. The van der Waals surface area contributed by atoms with Gasteiger partial charge in [-0.15, -0.1) is 0 Å². The molecule has 1 N–H and O–H groups in total. The first-order valence-corrected chi connectivity index (χ1v) is 8.86. The van der Waals surface area contributed by atoms with Crippen LogP contribution in [0.5, 0.6) is 0 Å². The van der Waals surface area contributed by atoms with Crippen molar-refractivity contribution in [3.63, 3.8) is 0 Å². The molecule has 0 saturated carbocycles. The molecule has 2 aromatic carbocycles.